The van der Waals surface area contributed by atoms with Gasteiger partial charge >= 0.3 is 0 Å². The molecule has 0 saturated carbocycles. The number of thioether (sulfide) groups is 1. The number of benzene rings is 2. The molecule has 4 heteroatoms. The van der Waals surface area contributed by atoms with Crippen molar-refractivity contribution < 1.29 is 9.47 Å². The van der Waals surface area contributed by atoms with E-state index >= 15 is 0 Å². The lowest BCUT2D eigenvalue weighted by molar-refractivity contribution is 0.318. The fraction of sp³-hybridized carbons (Fsp3) is 0.278. The highest BCUT2D eigenvalue weighted by atomic mass is 32.2. The van der Waals surface area contributed by atoms with Crippen molar-refractivity contribution in [2.75, 3.05) is 19.5 Å². The van der Waals surface area contributed by atoms with Crippen LogP contribution in [0.15, 0.2) is 48.5 Å². The van der Waals surface area contributed by atoms with Gasteiger partial charge in [0.25, 0.3) is 0 Å². The van der Waals surface area contributed by atoms with E-state index in [2.05, 4.69) is 6.07 Å². The average molecular weight is 313 g/mol. The summed E-state index contributed by atoms with van der Waals surface area (Å²) in [7, 11) is 1.65. The standard InChI is InChI=1S/C18H19NO2S/c1-20-17-7-9-18(10-8-17)21-11-4-12-22-14-16-6-3-2-5-15(16)13-19/h2-3,5-10H,4,11-12,14H2,1H3. The SMILES string of the molecule is COc1ccc(OCCCSCc2ccccc2C#N)cc1. The summed E-state index contributed by atoms with van der Waals surface area (Å²) in [5.74, 6) is 3.57. The first-order valence-corrected chi connectivity index (χ1v) is 8.31. The van der Waals surface area contributed by atoms with Gasteiger partial charge in [-0.1, -0.05) is 18.2 Å². The number of methoxy groups -OCH3 is 1. The highest BCUT2D eigenvalue weighted by Crippen LogP contribution is 2.19. The van der Waals surface area contributed by atoms with Crippen LogP contribution in [0.25, 0.3) is 0 Å². The second-order valence-corrected chi connectivity index (χ2v) is 5.80. The first kappa shape index (κ1) is 16.3. The lowest BCUT2D eigenvalue weighted by Crippen LogP contribution is -1.99. The normalized spacial score (nSPS) is 10.0. The van der Waals surface area contributed by atoms with Crippen LogP contribution in [0, 0.1) is 11.3 Å². The molecule has 0 spiro atoms. The second-order valence-electron chi connectivity index (χ2n) is 4.70. The molecule has 114 valence electrons. The smallest absolute Gasteiger partial charge is 0.119 e. The van der Waals surface area contributed by atoms with Crippen LogP contribution in [0.2, 0.25) is 0 Å². The topological polar surface area (TPSA) is 42.2 Å². The third kappa shape index (κ3) is 5.01. The van der Waals surface area contributed by atoms with Crippen molar-refractivity contribution in [2.24, 2.45) is 0 Å². The van der Waals surface area contributed by atoms with E-state index in [9.17, 15) is 0 Å². The van der Waals surface area contributed by atoms with Crippen molar-refractivity contribution in [3.8, 4) is 17.6 Å². The van der Waals surface area contributed by atoms with Crippen molar-refractivity contribution >= 4 is 11.8 Å². The molecule has 0 radical (unpaired) electrons. The Hall–Kier alpha value is -2.12. The highest BCUT2D eigenvalue weighted by molar-refractivity contribution is 7.98. The van der Waals surface area contributed by atoms with E-state index < -0.39 is 0 Å². The minimum atomic E-state index is 0.694. The molecule has 2 aromatic carbocycles. The molecule has 0 aliphatic rings. The summed E-state index contributed by atoms with van der Waals surface area (Å²) in [6.07, 6.45) is 0.978. The molecule has 3 nitrogen and oxygen atoms in total. The molecule has 0 aromatic heterocycles. The van der Waals surface area contributed by atoms with Gasteiger partial charge in [0.2, 0.25) is 0 Å². The van der Waals surface area contributed by atoms with Crippen molar-refractivity contribution in [2.45, 2.75) is 12.2 Å². The number of nitrogens with zero attached hydrogens (tertiary/aromatic N) is 1. The Bertz CT molecular complexity index is 620. The predicted octanol–water partition coefficient (Wildman–Crippen LogP) is 4.27. The monoisotopic (exact) mass is 313 g/mol. The lowest BCUT2D eigenvalue weighted by atomic mass is 10.1. The summed E-state index contributed by atoms with van der Waals surface area (Å²) in [6, 6.07) is 17.6. The molecule has 0 amide bonds. The lowest BCUT2D eigenvalue weighted by Gasteiger charge is -2.07. The Balaban J connectivity index is 1.64. The van der Waals surface area contributed by atoms with E-state index in [4.69, 9.17) is 14.7 Å². The van der Waals surface area contributed by atoms with Gasteiger partial charge in [0, 0.05) is 5.75 Å². The molecule has 0 saturated heterocycles. The van der Waals surface area contributed by atoms with Crippen LogP contribution < -0.4 is 9.47 Å². The Morgan fingerprint density at radius 1 is 1.05 bits per heavy atom. The Morgan fingerprint density at radius 3 is 2.50 bits per heavy atom. The Labute approximate surface area is 135 Å². The molecule has 0 atom stereocenters. The molecule has 0 N–H and O–H groups in total. The van der Waals surface area contributed by atoms with Gasteiger partial charge < -0.3 is 9.47 Å². The van der Waals surface area contributed by atoms with Gasteiger partial charge in [0.05, 0.1) is 25.3 Å². The van der Waals surface area contributed by atoms with Crippen molar-refractivity contribution in [1.29, 1.82) is 5.26 Å². The van der Waals surface area contributed by atoms with E-state index in [0.29, 0.717) is 6.61 Å². The van der Waals surface area contributed by atoms with Crippen molar-refractivity contribution in [3.63, 3.8) is 0 Å². The van der Waals surface area contributed by atoms with Gasteiger partial charge in [-0.25, -0.2) is 0 Å². The van der Waals surface area contributed by atoms with E-state index in [-0.39, 0.29) is 0 Å². The van der Waals surface area contributed by atoms with Crippen LogP contribution in [0.4, 0.5) is 0 Å². The Kier molecular flexibility index (Phi) is 6.66. The number of hydrogen-bond acceptors (Lipinski definition) is 4. The average Bonchev–Trinajstić information content (AvgIpc) is 2.58. The molecule has 2 aromatic rings. The molecule has 0 unspecified atom stereocenters. The Morgan fingerprint density at radius 2 is 1.77 bits per heavy atom. The predicted molar refractivity (Wildman–Crippen MR) is 90.4 cm³/mol. The van der Waals surface area contributed by atoms with E-state index in [1.807, 2.05) is 60.3 Å². The molecule has 0 aliphatic carbocycles. The van der Waals surface area contributed by atoms with Crippen LogP contribution in [0.5, 0.6) is 11.5 Å². The summed E-state index contributed by atoms with van der Waals surface area (Å²) in [4.78, 5) is 0. The third-order valence-electron chi connectivity index (χ3n) is 3.16. The van der Waals surface area contributed by atoms with Crippen LogP contribution in [0.3, 0.4) is 0 Å². The number of nitriles is 1. The van der Waals surface area contributed by atoms with E-state index in [1.165, 1.54) is 0 Å². The van der Waals surface area contributed by atoms with E-state index in [1.54, 1.807) is 7.11 Å². The molecular formula is C18H19NO2S. The zero-order valence-electron chi connectivity index (χ0n) is 12.6. The third-order valence-corrected chi connectivity index (χ3v) is 4.25. The largest absolute Gasteiger partial charge is 0.497 e. The minimum Gasteiger partial charge on any atom is -0.497 e. The van der Waals surface area contributed by atoms with Crippen LogP contribution >= 0.6 is 11.8 Å². The summed E-state index contributed by atoms with van der Waals surface area (Å²) < 4.78 is 10.8. The van der Waals surface area contributed by atoms with Gasteiger partial charge in [-0.05, 0) is 48.1 Å². The fourth-order valence-electron chi connectivity index (χ4n) is 1.96. The highest BCUT2D eigenvalue weighted by Gasteiger charge is 2.01. The summed E-state index contributed by atoms with van der Waals surface area (Å²) in [5, 5.41) is 9.03. The number of ether oxygens (including phenoxy) is 2. The van der Waals surface area contributed by atoms with Crippen molar-refractivity contribution in [1.82, 2.24) is 0 Å². The maximum absolute atomic E-state index is 9.03. The molecule has 2 rings (SSSR count). The summed E-state index contributed by atoms with van der Waals surface area (Å²) >= 11 is 1.83. The van der Waals surface area contributed by atoms with Crippen LogP contribution in [-0.4, -0.2) is 19.5 Å². The molecule has 22 heavy (non-hydrogen) atoms. The summed E-state index contributed by atoms with van der Waals surface area (Å²) in [6.45, 7) is 0.694. The van der Waals surface area contributed by atoms with Crippen molar-refractivity contribution in [3.05, 3.63) is 59.7 Å². The number of hydrogen-bond donors (Lipinski definition) is 0. The van der Waals surface area contributed by atoms with Gasteiger partial charge in [-0.2, -0.15) is 17.0 Å². The second kappa shape index (κ2) is 9.01. The van der Waals surface area contributed by atoms with E-state index in [0.717, 1.165) is 40.6 Å². The molecule has 0 heterocycles. The van der Waals surface area contributed by atoms with Gasteiger partial charge in [0.15, 0.2) is 0 Å². The van der Waals surface area contributed by atoms with Crippen LogP contribution in [0.1, 0.15) is 17.5 Å². The molecule has 0 bridgehead atoms. The first-order valence-electron chi connectivity index (χ1n) is 7.16. The zero-order chi connectivity index (χ0) is 15.6. The minimum absolute atomic E-state index is 0.694. The van der Waals surface area contributed by atoms with Gasteiger partial charge in [-0.3, -0.25) is 0 Å². The summed E-state index contributed by atoms with van der Waals surface area (Å²) in [5.41, 5.74) is 1.87. The maximum Gasteiger partial charge on any atom is 0.119 e. The quantitative estimate of drug-likeness (QED) is 0.683. The molecule has 0 fully saturated rings. The maximum atomic E-state index is 9.03. The molecular weight excluding hydrogens is 294 g/mol. The van der Waals surface area contributed by atoms with Crippen LogP contribution in [-0.2, 0) is 5.75 Å². The van der Waals surface area contributed by atoms with Gasteiger partial charge in [-0.15, -0.1) is 0 Å². The fourth-order valence-corrected chi connectivity index (χ4v) is 2.90. The first-order chi connectivity index (χ1) is 10.8. The number of rotatable bonds is 8. The zero-order valence-corrected chi connectivity index (χ0v) is 13.4. The molecule has 0 aliphatic heterocycles. The van der Waals surface area contributed by atoms with Gasteiger partial charge in [0.1, 0.15) is 11.5 Å².